The third-order valence-corrected chi connectivity index (χ3v) is 2.26. The highest BCUT2D eigenvalue weighted by atomic mass is 16.7. The number of hydrogen-bond donors (Lipinski definition) is 0. The molecule has 0 aliphatic carbocycles. The van der Waals surface area contributed by atoms with Gasteiger partial charge in [0.2, 0.25) is 0 Å². The van der Waals surface area contributed by atoms with Gasteiger partial charge in [0.1, 0.15) is 0 Å². The zero-order valence-electron chi connectivity index (χ0n) is 15.6. The highest BCUT2D eigenvalue weighted by Gasteiger charge is 2.13. The van der Waals surface area contributed by atoms with E-state index in [-0.39, 0.29) is 12.7 Å². The molecule has 0 amide bonds. The molecule has 1 fully saturated rings. The molecule has 0 aromatic carbocycles. The summed E-state index contributed by atoms with van der Waals surface area (Å²) in [6, 6.07) is 0. The second-order valence-electron chi connectivity index (χ2n) is 3.60. The second-order valence-corrected chi connectivity index (χ2v) is 3.60. The van der Waals surface area contributed by atoms with Gasteiger partial charge in [-0.1, -0.05) is 26.5 Å². The lowest BCUT2D eigenvalue weighted by molar-refractivity contribution is -0.162. The molecule has 1 aliphatic rings. The predicted octanol–water partition coefficient (Wildman–Crippen LogP) is 3.36. The molecule has 1 atom stereocenters. The minimum absolute atomic E-state index is 0.200. The van der Waals surface area contributed by atoms with Crippen molar-refractivity contribution in [1.82, 2.24) is 0 Å². The predicted molar refractivity (Wildman–Crippen MR) is 58.2 cm³/mol. The van der Waals surface area contributed by atoms with E-state index in [1.165, 1.54) is 0 Å². The third-order valence-electron chi connectivity index (χ3n) is 2.26. The summed E-state index contributed by atoms with van der Waals surface area (Å²) in [6.07, 6.45) is 3.41. The van der Waals surface area contributed by atoms with Crippen molar-refractivity contribution in [2.24, 2.45) is 5.89 Å². The zero-order chi connectivity index (χ0) is 16.1. The molecule has 0 saturated carbocycles. The van der Waals surface area contributed by atoms with E-state index in [1.807, 2.05) is 0 Å². The normalized spacial score (nSPS) is 32.9. The summed E-state index contributed by atoms with van der Waals surface area (Å²) in [5.74, 6) is -2.42. The Labute approximate surface area is 97.8 Å². The van der Waals surface area contributed by atoms with Gasteiger partial charge >= 0.3 is 0 Å². The highest BCUT2D eigenvalue weighted by Crippen LogP contribution is 2.14. The summed E-state index contributed by atoms with van der Waals surface area (Å²) in [4.78, 5) is 0. The van der Waals surface area contributed by atoms with Gasteiger partial charge in [0.25, 0.3) is 0 Å². The summed E-state index contributed by atoms with van der Waals surface area (Å²) in [7, 11) is 0. The van der Waals surface area contributed by atoms with E-state index in [2.05, 4.69) is 0 Å². The molecule has 0 aromatic rings. The van der Waals surface area contributed by atoms with Crippen molar-refractivity contribution in [3.8, 4) is 0 Å². The third kappa shape index (κ3) is 5.61. The maximum absolute atomic E-state index is 7.86. The molecule has 84 valence electrons. The molecule has 2 nitrogen and oxygen atoms in total. The van der Waals surface area contributed by atoms with Crippen LogP contribution >= 0.6 is 0 Å². The average molecular weight is 207 g/mol. The largest absolute Gasteiger partial charge is 0.353 e. The van der Waals surface area contributed by atoms with Gasteiger partial charge in [0, 0.05) is 22.8 Å². The Morgan fingerprint density at radius 3 is 3.14 bits per heavy atom. The number of hydrogen-bond acceptors (Lipinski definition) is 2. The van der Waals surface area contributed by atoms with Gasteiger partial charge in [0.05, 0.1) is 0 Å². The molecule has 1 saturated heterocycles. The molecular formula is C12H24O2. The first-order valence-electron chi connectivity index (χ1n) is 8.81. The molecule has 0 aromatic heterocycles. The van der Waals surface area contributed by atoms with Crippen LogP contribution in [-0.4, -0.2) is 19.5 Å². The maximum atomic E-state index is 7.86. The van der Waals surface area contributed by atoms with Crippen LogP contribution in [0, 0.1) is 5.89 Å². The summed E-state index contributed by atoms with van der Waals surface area (Å²) in [5, 5.41) is 0. The Bertz CT molecular complexity index is 294. The van der Waals surface area contributed by atoms with Crippen LogP contribution in [0.1, 0.15) is 61.8 Å². The fraction of sp³-hybridized carbons (Fsp3) is 1.00. The van der Waals surface area contributed by atoms with Crippen LogP contribution in [0.5, 0.6) is 0 Å². The van der Waals surface area contributed by atoms with Crippen molar-refractivity contribution in [1.29, 1.82) is 0 Å². The Hall–Kier alpha value is -0.0800. The summed E-state index contributed by atoms with van der Waals surface area (Å²) < 4.78 is 62.7. The molecule has 0 radical (unpaired) electrons. The van der Waals surface area contributed by atoms with Crippen LogP contribution in [0.2, 0.25) is 0 Å². The second kappa shape index (κ2) is 7.24. The molecule has 0 spiro atoms. The van der Waals surface area contributed by atoms with Gasteiger partial charge in [-0.15, -0.1) is 0 Å². The van der Waals surface area contributed by atoms with Crippen molar-refractivity contribution >= 4 is 0 Å². The van der Waals surface area contributed by atoms with Gasteiger partial charge in [0.15, 0.2) is 6.29 Å². The van der Waals surface area contributed by atoms with Gasteiger partial charge < -0.3 is 9.47 Å². The molecule has 1 unspecified atom stereocenters. The Kier molecular flexibility index (Phi) is 2.75. The van der Waals surface area contributed by atoms with Gasteiger partial charge in [-0.2, -0.15) is 0 Å². The lowest BCUT2D eigenvalue weighted by Gasteiger charge is -2.22. The van der Waals surface area contributed by atoms with E-state index in [4.69, 9.17) is 19.1 Å². The fourth-order valence-electron chi connectivity index (χ4n) is 1.46. The first-order valence-corrected chi connectivity index (χ1v) is 5.31. The minimum atomic E-state index is -2.83. The highest BCUT2D eigenvalue weighted by molar-refractivity contribution is 4.54. The summed E-state index contributed by atoms with van der Waals surface area (Å²) in [6.45, 7) is -4.57. The van der Waals surface area contributed by atoms with Crippen LogP contribution in [0.3, 0.4) is 0 Å². The Morgan fingerprint density at radius 1 is 1.50 bits per heavy atom. The van der Waals surface area contributed by atoms with Crippen molar-refractivity contribution in [2.45, 2.75) is 58.5 Å². The number of unbranched alkanes of at least 4 members (excludes halogenated alkanes) is 1. The van der Waals surface area contributed by atoms with Gasteiger partial charge in [-0.25, -0.2) is 0 Å². The van der Waals surface area contributed by atoms with Crippen LogP contribution in [-0.2, 0) is 9.47 Å². The SMILES string of the molecule is [2H]C([2H])([2H])C([2H])(CCCCOC1CCCCO1)C([2H])([2H])[2H]. The Morgan fingerprint density at radius 2 is 2.43 bits per heavy atom. The van der Waals surface area contributed by atoms with Crippen molar-refractivity contribution in [3.63, 3.8) is 0 Å². The molecular weight excluding hydrogens is 176 g/mol. The van der Waals surface area contributed by atoms with Crippen LogP contribution < -0.4 is 0 Å². The molecule has 14 heavy (non-hydrogen) atoms. The lowest BCUT2D eigenvalue weighted by atomic mass is 10.1. The molecule has 1 rings (SSSR count). The van der Waals surface area contributed by atoms with Gasteiger partial charge in [-0.3, -0.25) is 0 Å². The van der Waals surface area contributed by atoms with E-state index < -0.39 is 19.6 Å². The smallest absolute Gasteiger partial charge is 0.157 e. The molecule has 0 N–H and O–H groups in total. The first kappa shape index (κ1) is 5.31. The molecule has 0 bridgehead atoms. The van der Waals surface area contributed by atoms with E-state index in [0.717, 1.165) is 19.3 Å². The van der Waals surface area contributed by atoms with Crippen molar-refractivity contribution in [3.05, 3.63) is 0 Å². The lowest BCUT2D eigenvalue weighted by Crippen LogP contribution is -2.22. The molecule has 1 heterocycles. The van der Waals surface area contributed by atoms with Gasteiger partial charge in [-0.05, 0) is 31.6 Å². The maximum Gasteiger partial charge on any atom is 0.157 e. The van der Waals surface area contributed by atoms with E-state index in [1.54, 1.807) is 0 Å². The molecule has 1 aliphatic heterocycles. The summed E-state index contributed by atoms with van der Waals surface area (Å²) >= 11 is 0. The fourth-order valence-corrected chi connectivity index (χ4v) is 1.46. The van der Waals surface area contributed by atoms with Crippen molar-refractivity contribution < 1.29 is 19.1 Å². The Balaban J connectivity index is 2.34. The zero-order valence-corrected chi connectivity index (χ0v) is 8.55. The topological polar surface area (TPSA) is 18.5 Å². The van der Waals surface area contributed by atoms with E-state index >= 15 is 0 Å². The van der Waals surface area contributed by atoms with Crippen LogP contribution in [0.25, 0.3) is 0 Å². The van der Waals surface area contributed by atoms with Crippen molar-refractivity contribution in [2.75, 3.05) is 13.2 Å². The minimum Gasteiger partial charge on any atom is -0.353 e. The first-order chi connectivity index (χ1) is 9.58. The van der Waals surface area contributed by atoms with E-state index in [9.17, 15) is 0 Å². The van der Waals surface area contributed by atoms with E-state index in [0.29, 0.717) is 26.1 Å². The standard InChI is InChI=1S/C12H24O2/c1-11(2)7-3-5-9-13-12-8-4-6-10-14-12/h11-12H,3-10H2,1-2H3/i1D3,2D3,11D. The molecule has 2 heteroatoms. The monoisotopic (exact) mass is 207 g/mol. The van der Waals surface area contributed by atoms with Crippen LogP contribution in [0.4, 0.5) is 0 Å². The summed E-state index contributed by atoms with van der Waals surface area (Å²) in [5.41, 5.74) is 0. The number of rotatable bonds is 6. The average Bonchev–Trinajstić information content (AvgIpc) is 2.36. The van der Waals surface area contributed by atoms with Crippen LogP contribution in [0.15, 0.2) is 0 Å². The quantitative estimate of drug-likeness (QED) is 0.622. The number of ether oxygens (including phenoxy) is 2.